The van der Waals surface area contributed by atoms with Gasteiger partial charge < -0.3 is 5.73 Å². The molecule has 0 saturated heterocycles. The number of hydrogen-bond acceptors (Lipinski definition) is 3. The molecule has 4 nitrogen and oxygen atoms in total. The summed E-state index contributed by atoms with van der Waals surface area (Å²) in [5.74, 6) is 0.924. The van der Waals surface area contributed by atoms with E-state index in [1.54, 1.807) is 5.01 Å². The van der Waals surface area contributed by atoms with Crippen LogP contribution in [0.2, 0.25) is 0 Å². The van der Waals surface area contributed by atoms with Crippen molar-refractivity contribution in [1.82, 2.24) is 10.4 Å². The summed E-state index contributed by atoms with van der Waals surface area (Å²) >= 11 is 4.87. The van der Waals surface area contributed by atoms with E-state index in [2.05, 4.69) is 10.4 Å². The molecule has 0 bridgehead atoms. The normalized spacial score (nSPS) is 20.2. The first-order chi connectivity index (χ1) is 5.47. The van der Waals surface area contributed by atoms with E-state index in [4.69, 9.17) is 18.0 Å². The van der Waals surface area contributed by atoms with Crippen molar-refractivity contribution >= 4 is 23.2 Å². The fourth-order valence-corrected chi connectivity index (χ4v) is 1.42. The van der Waals surface area contributed by atoms with Gasteiger partial charge in [-0.05, 0) is 26.1 Å². The molecular formula is C7H14N4S. The van der Waals surface area contributed by atoms with Gasteiger partial charge in [0, 0.05) is 6.42 Å². The summed E-state index contributed by atoms with van der Waals surface area (Å²) in [6, 6.07) is 0. The van der Waals surface area contributed by atoms with Crippen LogP contribution in [0.3, 0.4) is 0 Å². The van der Waals surface area contributed by atoms with Crippen LogP contribution < -0.4 is 11.2 Å². The van der Waals surface area contributed by atoms with Gasteiger partial charge in [-0.15, -0.1) is 0 Å². The van der Waals surface area contributed by atoms with E-state index in [-0.39, 0.29) is 5.66 Å². The van der Waals surface area contributed by atoms with Crippen LogP contribution in [0.15, 0.2) is 4.99 Å². The number of nitrogens with two attached hydrogens (primary N) is 1. The number of thiocarbonyl (C=S) groups is 1. The maximum Gasteiger partial charge on any atom is 0.187 e. The first-order valence-electron chi connectivity index (χ1n) is 3.92. The minimum atomic E-state index is -0.350. The fraction of sp³-hybridized carbons (Fsp3) is 0.714. The molecule has 0 unspecified atom stereocenters. The summed E-state index contributed by atoms with van der Waals surface area (Å²) in [5, 5.41) is 2.02. The molecule has 1 rings (SSSR count). The molecule has 0 spiro atoms. The molecule has 0 aliphatic carbocycles. The largest absolute Gasteiger partial charge is 0.375 e. The van der Waals surface area contributed by atoms with Crippen LogP contribution in [-0.2, 0) is 0 Å². The Morgan fingerprint density at radius 2 is 2.33 bits per heavy atom. The zero-order valence-corrected chi connectivity index (χ0v) is 8.40. The Kier molecular flexibility index (Phi) is 2.23. The van der Waals surface area contributed by atoms with Gasteiger partial charge in [0.15, 0.2) is 5.11 Å². The summed E-state index contributed by atoms with van der Waals surface area (Å²) in [6.07, 6.45) is 0.864. The van der Waals surface area contributed by atoms with E-state index in [1.807, 2.05) is 20.8 Å². The predicted molar refractivity (Wildman–Crippen MR) is 53.6 cm³/mol. The molecule has 0 fully saturated rings. The smallest absolute Gasteiger partial charge is 0.187 e. The number of hydrogen-bond donors (Lipinski definition) is 2. The van der Waals surface area contributed by atoms with E-state index in [1.165, 1.54) is 0 Å². The lowest BCUT2D eigenvalue weighted by Crippen LogP contribution is -2.52. The Bertz CT molecular complexity index is 234. The number of rotatable bonds is 1. The lowest BCUT2D eigenvalue weighted by Gasteiger charge is -2.28. The van der Waals surface area contributed by atoms with Crippen molar-refractivity contribution in [2.45, 2.75) is 32.9 Å². The molecule has 1 aliphatic heterocycles. The highest BCUT2D eigenvalue weighted by atomic mass is 32.1. The second-order valence-electron chi connectivity index (χ2n) is 3.19. The summed E-state index contributed by atoms with van der Waals surface area (Å²) < 4.78 is 0. The highest BCUT2D eigenvalue weighted by Gasteiger charge is 2.33. The number of nitrogens with one attached hydrogen (secondary N) is 1. The molecule has 0 aromatic rings. The second-order valence-corrected chi connectivity index (χ2v) is 3.61. The SMILES string of the molecule is CCC1=NC(C)(C)N(C(N)=S)N1. The number of nitrogens with zero attached hydrogens (tertiary/aromatic N) is 2. The van der Waals surface area contributed by atoms with E-state index >= 15 is 0 Å². The van der Waals surface area contributed by atoms with Crippen LogP contribution in [0, 0.1) is 0 Å². The zero-order valence-electron chi connectivity index (χ0n) is 7.59. The third kappa shape index (κ3) is 1.50. The molecule has 0 amide bonds. The predicted octanol–water partition coefficient (Wildman–Crippen LogP) is 0.595. The average Bonchev–Trinajstić information content (AvgIpc) is 2.25. The van der Waals surface area contributed by atoms with Gasteiger partial charge in [0.1, 0.15) is 11.5 Å². The third-order valence-corrected chi connectivity index (χ3v) is 1.93. The van der Waals surface area contributed by atoms with Crippen molar-refractivity contribution in [3.05, 3.63) is 0 Å². The van der Waals surface area contributed by atoms with E-state index in [0.29, 0.717) is 5.11 Å². The molecule has 1 aliphatic rings. The number of hydrazine groups is 1. The Morgan fingerprint density at radius 1 is 1.75 bits per heavy atom. The molecule has 0 saturated carbocycles. The van der Waals surface area contributed by atoms with Crippen LogP contribution in [0.25, 0.3) is 0 Å². The van der Waals surface area contributed by atoms with E-state index in [0.717, 1.165) is 12.3 Å². The highest BCUT2D eigenvalue weighted by Crippen LogP contribution is 2.19. The molecule has 0 radical (unpaired) electrons. The molecule has 3 N–H and O–H groups in total. The van der Waals surface area contributed by atoms with Crippen molar-refractivity contribution in [3.63, 3.8) is 0 Å². The van der Waals surface area contributed by atoms with Gasteiger partial charge in [-0.1, -0.05) is 6.92 Å². The Morgan fingerprint density at radius 3 is 2.58 bits per heavy atom. The van der Waals surface area contributed by atoms with Crippen LogP contribution in [0.1, 0.15) is 27.2 Å². The highest BCUT2D eigenvalue weighted by molar-refractivity contribution is 7.80. The number of amidine groups is 1. The topological polar surface area (TPSA) is 53.6 Å². The van der Waals surface area contributed by atoms with Crippen LogP contribution in [-0.4, -0.2) is 21.6 Å². The Balaban J connectivity index is 2.82. The summed E-state index contributed by atoms with van der Waals surface area (Å²) in [7, 11) is 0. The maximum absolute atomic E-state index is 5.51. The number of aliphatic imine (C=N–C) groups is 1. The quantitative estimate of drug-likeness (QED) is 0.589. The summed E-state index contributed by atoms with van der Waals surface area (Å²) in [4.78, 5) is 4.41. The lowest BCUT2D eigenvalue weighted by atomic mass is 10.2. The van der Waals surface area contributed by atoms with Gasteiger partial charge in [-0.25, -0.2) is 10.0 Å². The average molecular weight is 186 g/mol. The molecule has 68 valence electrons. The Hall–Kier alpha value is -0.840. The summed E-state index contributed by atoms with van der Waals surface area (Å²) in [5.41, 5.74) is 8.21. The standard InChI is InChI=1S/C7H14N4S/c1-4-5-9-7(2,3)11(10-5)6(8)12/h4H2,1-3H3,(H2,8,12)(H,9,10). The van der Waals surface area contributed by atoms with Gasteiger partial charge in [0.25, 0.3) is 0 Å². The molecule has 0 aromatic heterocycles. The van der Waals surface area contributed by atoms with Gasteiger partial charge in [0.05, 0.1) is 0 Å². The van der Waals surface area contributed by atoms with Crippen molar-refractivity contribution < 1.29 is 0 Å². The first kappa shape index (κ1) is 9.25. The van der Waals surface area contributed by atoms with Crippen molar-refractivity contribution in [3.8, 4) is 0 Å². The van der Waals surface area contributed by atoms with Crippen LogP contribution in [0.5, 0.6) is 0 Å². The maximum atomic E-state index is 5.51. The van der Waals surface area contributed by atoms with Gasteiger partial charge in [-0.2, -0.15) is 0 Å². The third-order valence-electron chi connectivity index (χ3n) is 1.75. The fourth-order valence-electron chi connectivity index (χ4n) is 1.15. The molecule has 1 heterocycles. The minimum absolute atomic E-state index is 0.326. The van der Waals surface area contributed by atoms with Gasteiger partial charge in [-0.3, -0.25) is 5.43 Å². The van der Waals surface area contributed by atoms with Crippen molar-refractivity contribution in [1.29, 1.82) is 0 Å². The van der Waals surface area contributed by atoms with Gasteiger partial charge in [0.2, 0.25) is 0 Å². The van der Waals surface area contributed by atoms with Crippen molar-refractivity contribution in [2.75, 3.05) is 0 Å². The van der Waals surface area contributed by atoms with Crippen LogP contribution >= 0.6 is 12.2 Å². The second kappa shape index (κ2) is 2.90. The van der Waals surface area contributed by atoms with Crippen LogP contribution in [0.4, 0.5) is 0 Å². The molecular weight excluding hydrogens is 172 g/mol. The first-order valence-corrected chi connectivity index (χ1v) is 4.33. The van der Waals surface area contributed by atoms with E-state index in [9.17, 15) is 0 Å². The zero-order chi connectivity index (χ0) is 9.35. The summed E-state index contributed by atoms with van der Waals surface area (Å²) in [6.45, 7) is 5.95. The van der Waals surface area contributed by atoms with Gasteiger partial charge >= 0.3 is 0 Å². The minimum Gasteiger partial charge on any atom is -0.375 e. The Labute approximate surface area is 77.8 Å². The molecule has 12 heavy (non-hydrogen) atoms. The molecule has 0 aromatic carbocycles. The monoisotopic (exact) mass is 186 g/mol. The van der Waals surface area contributed by atoms with Crippen molar-refractivity contribution in [2.24, 2.45) is 10.7 Å². The lowest BCUT2D eigenvalue weighted by molar-refractivity contribution is 0.224. The molecule has 5 heteroatoms. The van der Waals surface area contributed by atoms with E-state index < -0.39 is 0 Å². The molecule has 0 atom stereocenters.